The van der Waals surface area contributed by atoms with Crippen molar-refractivity contribution in [3.05, 3.63) is 83.9 Å². The van der Waals surface area contributed by atoms with Gasteiger partial charge in [0.2, 0.25) is 0 Å². The topological polar surface area (TPSA) is 0 Å². The van der Waals surface area contributed by atoms with Crippen LogP contribution < -0.4 is 0 Å². The molecule has 0 N–H and O–H groups in total. The zero-order chi connectivity index (χ0) is 11.4. The summed E-state index contributed by atoms with van der Waals surface area (Å²) in [4.78, 5) is 0. The third-order valence-electron chi connectivity index (χ3n) is 2.37. The van der Waals surface area contributed by atoms with Crippen molar-refractivity contribution in [2.24, 2.45) is 0 Å². The van der Waals surface area contributed by atoms with E-state index in [1.54, 1.807) is 12.1 Å². The Morgan fingerprint density at radius 2 is 1.44 bits per heavy atom. The standard InChI is InChI=1S/C15H11F/c1-2-15(12-6-4-3-5-7-12)13-8-10-14(16)11-9-13/h3-11H,1H2. The van der Waals surface area contributed by atoms with Gasteiger partial charge in [-0.05, 0) is 23.3 Å². The summed E-state index contributed by atoms with van der Waals surface area (Å²) in [6, 6.07) is 16.2. The van der Waals surface area contributed by atoms with Crippen LogP contribution >= 0.6 is 0 Å². The van der Waals surface area contributed by atoms with E-state index in [1.165, 1.54) is 12.1 Å². The van der Waals surface area contributed by atoms with Crippen LogP contribution in [0.1, 0.15) is 11.1 Å². The lowest BCUT2D eigenvalue weighted by atomic mass is 9.99. The molecule has 0 saturated carbocycles. The second-order valence-electron chi connectivity index (χ2n) is 3.42. The molecule has 0 spiro atoms. The van der Waals surface area contributed by atoms with Gasteiger partial charge >= 0.3 is 0 Å². The third kappa shape index (κ3) is 2.10. The predicted molar refractivity (Wildman–Crippen MR) is 64.5 cm³/mol. The maximum atomic E-state index is 12.8. The van der Waals surface area contributed by atoms with Crippen molar-refractivity contribution in [2.45, 2.75) is 0 Å². The largest absolute Gasteiger partial charge is 0.207 e. The Morgan fingerprint density at radius 3 is 2.00 bits per heavy atom. The van der Waals surface area contributed by atoms with Crippen LogP contribution in [0.3, 0.4) is 0 Å². The van der Waals surface area contributed by atoms with Crippen LogP contribution in [0, 0.1) is 5.82 Å². The van der Waals surface area contributed by atoms with Crippen LogP contribution in [0.2, 0.25) is 0 Å². The average molecular weight is 210 g/mol. The summed E-state index contributed by atoms with van der Waals surface area (Å²) in [6.07, 6.45) is 0. The lowest BCUT2D eigenvalue weighted by molar-refractivity contribution is 0.627. The SMILES string of the molecule is C=C=C(c1ccccc1)c1ccc(F)cc1. The highest BCUT2D eigenvalue weighted by molar-refractivity contribution is 5.78. The van der Waals surface area contributed by atoms with Gasteiger partial charge in [0.1, 0.15) is 5.82 Å². The minimum Gasteiger partial charge on any atom is -0.207 e. The highest BCUT2D eigenvalue weighted by Gasteiger charge is 2.03. The van der Waals surface area contributed by atoms with Gasteiger partial charge in [-0.3, -0.25) is 0 Å². The Hall–Kier alpha value is -2.11. The normalized spacial score (nSPS) is 9.56. The summed E-state index contributed by atoms with van der Waals surface area (Å²) in [5, 5.41) is 0. The van der Waals surface area contributed by atoms with Crippen LogP contribution in [0.25, 0.3) is 5.57 Å². The number of halogens is 1. The second-order valence-corrected chi connectivity index (χ2v) is 3.42. The Morgan fingerprint density at radius 1 is 0.875 bits per heavy atom. The van der Waals surface area contributed by atoms with Crippen LogP contribution in [-0.4, -0.2) is 0 Å². The van der Waals surface area contributed by atoms with E-state index < -0.39 is 0 Å². The van der Waals surface area contributed by atoms with Crippen molar-refractivity contribution in [1.82, 2.24) is 0 Å². The zero-order valence-electron chi connectivity index (χ0n) is 8.78. The van der Waals surface area contributed by atoms with Gasteiger partial charge in [-0.1, -0.05) is 49.0 Å². The molecule has 0 unspecified atom stereocenters. The molecule has 0 aliphatic heterocycles. The highest BCUT2D eigenvalue weighted by atomic mass is 19.1. The van der Waals surface area contributed by atoms with Crippen molar-refractivity contribution in [2.75, 3.05) is 0 Å². The molecule has 1 heteroatoms. The zero-order valence-corrected chi connectivity index (χ0v) is 8.78. The summed E-state index contributed by atoms with van der Waals surface area (Å²) in [7, 11) is 0. The molecule has 0 saturated heterocycles. The Kier molecular flexibility index (Phi) is 3.00. The van der Waals surface area contributed by atoms with E-state index in [2.05, 4.69) is 12.3 Å². The molecule has 0 atom stereocenters. The fraction of sp³-hybridized carbons (Fsp3) is 0. The highest BCUT2D eigenvalue weighted by Crippen LogP contribution is 2.21. The molecule has 0 amide bonds. The van der Waals surface area contributed by atoms with Gasteiger partial charge in [-0.25, -0.2) is 4.39 Å². The van der Waals surface area contributed by atoms with E-state index in [1.807, 2.05) is 30.3 Å². The molecule has 2 rings (SSSR count). The smallest absolute Gasteiger partial charge is 0.123 e. The predicted octanol–water partition coefficient (Wildman–Crippen LogP) is 4.04. The van der Waals surface area contributed by atoms with Crippen LogP contribution in [0.5, 0.6) is 0 Å². The molecule has 0 aliphatic rings. The van der Waals surface area contributed by atoms with E-state index in [-0.39, 0.29) is 5.82 Å². The first kappa shape index (κ1) is 10.4. The van der Waals surface area contributed by atoms with Gasteiger partial charge in [0.25, 0.3) is 0 Å². The average Bonchev–Trinajstić information content (AvgIpc) is 2.34. The first-order chi connectivity index (χ1) is 7.81. The minimum absolute atomic E-state index is 0.236. The van der Waals surface area contributed by atoms with Crippen molar-refractivity contribution >= 4 is 5.57 Å². The van der Waals surface area contributed by atoms with Crippen molar-refractivity contribution < 1.29 is 4.39 Å². The maximum Gasteiger partial charge on any atom is 0.123 e. The van der Waals surface area contributed by atoms with Gasteiger partial charge in [0.15, 0.2) is 0 Å². The monoisotopic (exact) mass is 210 g/mol. The van der Waals surface area contributed by atoms with Crippen LogP contribution in [0.4, 0.5) is 4.39 Å². The Bertz CT molecular complexity index is 517. The molecule has 2 aromatic carbocycles. The molecule has 0 radical (unpaired) electrons. The first-order valence-electron chi connectivity index (χ1n) is 5.02. The van der Waals surface area contributed by atoms with Gasteiger partial charge < -0.3 is 0 Å². The maximum absolute atomic E-state index is 12.8. The third-order valence-corrected chi connectivity index (χ3v) is 2.37. The molecule has 0 aromatic heterocycles. The number of rotatable bonds is 2. The lowest BCUT2D eigenvalue weighted by Gasteiger charge is -2.05. The molecule has 16 heavy (non-hydrogen) atoms. The molecule has 0 nitrogen and oxygen atoms in total. The van der Waals surface area contributed by atoms with Gasteiger partial charge in [-0.2, -0.15) is 0 Å². The van der Waals surface area contributed by atoms with E-state index >= 15 is 0 Å². The number of benzene rings is 2. The van der Waals surface area contributed by atoms with E-state index in [0.29, 0.717) is 0 Å². The van der Waals surface area contributed by atoms with Crippen molar-refractivity contribution in [1.29, 1.82) is 0 Å². The first-order valence-corrected chi connectivity index (χ1v) is 5.02. The number of hydrogen-bond donors (Lipinski definition) is 0. The van der Waals surface area contributed by atoms with Gasteiger partial charge in [0, 0.05) is 5.57 Å². The van der Waals surface area contributed by atoms with Gasteiger partial charge in [-0.15, -0.1) is 5.73 Å². The molecule has 2 aromatic rings. The molecular formula is C15H11F. The minimum atomic E-state index is -0.236. The molecule has 0 aliphatic carbocycles. The van der Waals surface area contributed by atoms with Crippen molar-refractivity contribution in [3.63, 3.8) is 0 Å². The quantitative estimate of drug-likeness (QED) is 0.656. The summed E-state index contributed by atoms with van der Waals surface area (Å²) in [5.41, 5.74) is 5.74. The van der Waals surface area contributed by atoms with Crippen molar-refractivity contribution in [3.8, 4) is 0 Å². The Balaban J connectivity index is 2.46. The molecular weight excluding hydrogens is 199 g/mol. The van der Waals surface area contributed by atoms with Crippen LogP contribution in [0.15, 0.2) is 66.9 Å². The van der Waals surface area contributed by atoms with E-state index in [9.17, 15) is 4.39 Å². The lowest BCUT2D eigenvalue weighted by Crippen LogP contribution is -1.86. The summed E-state index contributed by atoms with van der Waals surface area (Å²) < 4.78 is 12.8. The second kappa shape index (κ2) is 4.61. The van der Waals surface area contributed by atoms with E-state index in [4.69, 9.17) is 0 Å². The Labute approximate surface area is 94.4 Å². The molecule has 0 heterocycles. The molecule has 0 bridgehead atoms. The summed E-state index contributed by atoms with van der Waals surface area (Å²) in [5.74, 6) is -0.236. The van der Waals surface area contributed by atoms with Gasteiger partial charge in [0.05, 0.1) is 0 Å². The fourth-order valence-corrected chi connectivity index (χ4v) is 1.59. The molecule has 0 fully saturated rings. The number of hydrogen-bond acceptors (Lipinski definition) is 0. The summed E-state index contributed by atoms with van der Waals surface area (Å²) in [6.45, 7) is 3.68. The summed E-state index contributed by atoms with van der Waals surface area (Å²) >= 11 is 0. The van der Waals surface area contributed by atoms with Crippen LogP contribution in [-0.2, 0) is 0 Å². The van der Waals surface area contributed by atoms with E-state index in [0.717, 1.165) is 16.7 Å². The fourth-order valence-electron chi connectivity index (χ4n) is 1.59. The molecule has 78 valence electrons.